The molecule has 0 radical (unpaired) electrons. The first-order chi connectivity index (χ1) is 15.4. The van der Waals surface area contributed by atoms with Gasteiger partial charge in [-0.1, -0.05) is 17.7 Å². The molecule has 0 spiro atoms. The van der Waals surface area contributed by atoms with Gasteiger partial charge in [-0.05, 0) is 55.8 Å². The quantitative estimate of drug-likeness (QED) is 0.424. The molecule has 170 valence electrons. The van der Waals surface area contributed by atoms with Gasteiger partial charge in [-0.3, -0.25) is 9.52 Å². The molecule has 0 atom stereocenters. The molecule has 8 nitrogen and oxygen atoms in total. The van der Waals surface area contributed by atoms with Crippen molar-refractivity contribution >= 4 is 21.6 Å². The minimum absolute atomic E-state index is 0.116. The largest absolute Gasteiger partial charge is 0.495 e. The number of benzene rings is 2. The highest BCUT2D eigenvalue weighted by molar-refractivity contribution is 7.92. The van der Waals surface area contributed by atoms with Crippen LogP contribution in [0.4, 0.5) is 5.69 Å². The number of anilines is 1. The highest BCUT2D eigenvalue weighted by atomic mass is 32.2. The molecule has 3 rings (SSSR count). The number of carbonyl (C=O) groups excluding carboxylic acids is 1. The van der Waals surface area contributed by atoms with E-state index in [0.717, 1.165) is 11.3 Å². The summed E-state index contributed by atoms with van der Waals surface area (Å²) in [5.74, 6) is 0.498. The first-order valence-electron chi connectivity index (χ1n) is 10.0. The predicted molar refractivity (Wildman–Crippen MR) is 120 cm³/mol. The van der Waals surface area contributed by atoms with Gasteiger partial charge < -0.3 is 19.2 Å². The van der Waals surface area contributed by atoms with Crippen LogP contribution in [0.1, 0.15) is 28.1 Å². The molecule has 0 aliphatic rings. The van der Waals surface area contributed by atoms with Crippen molar-refractivity contribution in [1.29, 1.82) is 0 Å². The lowest BCUT2D eigenvalue weighted by Gasteiger charge is -2.13. The van der Waals surface area contributed by atoms with E-state index in [-0.39, 0.29) is 22.1 Å². The van der Waals surface area contributed by atoms with Gasteiger partial charge in [0.2, 0.25) is 0 Å². The van der Waals surface area contributed by atoms with E-state index in [4.69, 9.17) is 13.9 Å². The summed E-state index contributed by atoms with van der Waals surface area (Å²) in [7, 11) is -2.59. The zero-order valence-electron chi connectivity index (χ0n) is 18.0. The number of sulfonamides is 1. The van der Waals surface area contributed by atoms with Gasteiger partial charge in [0.05, 0.1) is 13.4 Å². The molecule has 9 heteroatoms. The average Bonchev–Trinajstić information content (AvgIpc) is 3.30. The molecular formula is C23H26N2O6S. The normalized spacial score (nSPS) is 11.2. The van der Waals surface area contributed by atoms with Crippen LogP contribution in [0.5, 0.6) is 5.75 Å². The second-order valence-corrected chi connectivity index (χ2v) is 8.73. The Hall–Kier alpha value is -3.30. The molecule has 2 N–H and O–H groups in total. The van der Waals surface area contributed by atoms with Gasteiger partial charge in [-0.25, -0.2) is 8.42 Å². The third-order valence-electron chi connectivity index (χ3n) is 4.59. The van der Waals surface area contributed by atoms with E-state index in [1.54, 1.807) is 36.6 Å². The van der Waals surface area contributed by atoms with Crippen molar-refractivity contribution in [3.05, 3.63) is 77.7 Å². The van der Waals surface area contributed by atoms with E-state index in [9.17, 15) is 13.2 Å². The Morgan fingerprint density at radius 2 is 1.88 bits per heavy atom. The number of rotatable bonds is 11. The van der Waals surface area contributed by atoms with Crippen LogP contribution in [0.15, 0.2) is 70.2 Å². The predicted octanol–water partition coefficient (Wildman–Crippen LogP) is 3.73. The van der Waals surface area contributed by atoms with Gasteiger partial charge in [-0.15, -0.1) is 0 Å². The van der Waals surface area contributed by atoms with Gasteiger partial charge in [0.1, 0.15) is 23.0 Å². The summed E-state index contributed by atoms with van der Waals surface area (Å²) in [6.07, 6.45) is 2.18. The summed E-state index contributed by atoms with van der Waals surface area (Å²) in [6, 6.07) is 14.8. The van der Waals surface area contributed by atoms with Crippen LogP contribution in [0.2, 0.25) is 0 Å². The Bertz CT molecular complexity index is 1130. The maximum absolute atomic E-state index is 12.9. The summed E-state index contributed by atoms with van der Waals surface area (Å²) < 4.78 is 44.2. The van der Waals surface area contributed by atoms with Gasteiger partial charge in [0, 0.05) is 24.4 Å². The van der Waals surface area contributed by atoms with Crippen molar-refractivity contribution in [3.8, 4) is 5.75 Å². The SMILES string of the molecule is COc1ccc(C(=O)NCCCOCc2ccco2)cc1S(=O)(=O)Nc1ccc(C)cc1. The number of methoxy groups -OCH3 is 1. The molecule has 0 saturated heterocycles. The molecule has 1 aromatic heterocycles. The fourth-order valence-electron chi connectivity index (χ4n) is 2.91. The van der Waals surface area contributed by atoms with E-state index in [0.29, 0.717) is 31.9 Å². The van der Waals surface area contributed by atoms with Gasteiger partial charge in [0.15, 0.2) is 0 Å². The van der Waals surface area contributed by atoms with Crippen LogP contribution >= 0.6 is 0 Å². The van der Waals surface area contributed by atoms with Crippen LogP contribution in [-0.4, -0.2) is 34.6 Å². The Balaban J connectivity index is 1.60. The van der Waals surface area contributed by atoms with E-state index in [1.165, 1.54) is 25.3 Å². The zero-order chi connectivity index (χ0) is 23.0. The first kappa shape index (κ1) is 23.4. The lowest BCUT2D eigenvalue weighted by atomic mass is 10.2. The van der Waals surface area contributed by atoms with Crippen molar-refractivity contribution in [2.45, 2.75) is 24.8 Å². The summed E-state index contributed by atoms with van der Waals surface area (Å²) in [5.41, 5.74) is 1.64. The molecule has 0 unspecified atom stereocenters. The van der Waals surface area contributed by atoms with Gasteiger partial charge >= 0.3 is 0 Å². The summed E-state index contributed by atoms with van der Waals surface area (Å²) >= 11 is 0. The van der Waals surface area contributed by atoms with Crippen molar-refractivity contribution in [1.82, 2.24) is 5.32 Å². The monoisotopic (exact) mass is 458 g/mol. The number of amides is 1. The average molecular weight is 459 g/mol. The maximum atomic E-state index is 12.9. The molecule has 1 amide bonds. The molecule has 2 aromatic carbocycles. The van der Waals surface area contributed by atoms with Crippen LogP contribution in [-0.2, 0) is 21.4 Å². The maximum Gasteiger partial charge on any atom is 0.265 e. The molecule has 0 bridgehead atoms. The Kier molecular flexibility index (Phi) is 7.91. The van der Waals surface area contributed by atoms with E-state index in [2.05, 4.69) is 10.0 Å². The highest BCUT2D eigenvalue weighted by Gasteiger charge is 2.22. The van der Waals surface area contributed by atoms with Crippen LogP contribution in [0.25, 0.3) is 0 Å². The molecule has 0 saturated carbocycles. The first-order valence-corrected chi connectivity index (χ1v) is 11.5. The third-order valence-corrected chi connectivity index (χ3v) is 6.00. The van der Waals surface area contributed by atoms with Crippen molar-refractivity contribution in [3.63, 3.8) is 0 Å². The zero-order valence-corrected chi connectivity index (χ0v) is 18.8. The van der Waals surface area contributed by atoms with Crippen LogP contribution in [0, 0.1) is 6.92 Å². The van der Waals surface area contributed by atoms with Crippen LogP contribution < -0.4 is 14.8 Å². The van der Waals surface area contributed by atoms with Crippen molar-refractivity contribution in [2.75, 3.05) is 25.0 Å². The number of ether oxygens (including phenoxy) is 2. The molecule has 0 aliphatic carbocycles. The molecule has 32 heavy (non-hydrogen) atoms. The smallest absolute Gasteiger partial charge is 0.265 e. The number of carbonyl (C=O) groups is 1. The van der Waals surface area contributed by atoms with E-state index < -0.39 is 10.0 Å². The Labute approximate surface area is 187 Å². The van der Waals surface area contributed by atoms with Gasteiger partial charge in [0.25, 0.3) is 15.9 Å². The lowest BCUT2D eigenvalue weighted by Crippen LogP contribution is -2.25. The van der Waals surface area contributed by atoms with Crippen molar-refractivity contribution in [2.24, 2.45) is 0 Å². The lowest BCUT2D eigenvalue weighted by molar-refractivity contribution is 0.0917. The fourth-order valence-corrected chi connectivity index (χ4v) is 4.16. The summed E-state index contributed by atoms with van der Waals surface area (Å²) in [4.78, 5) is 12.4. The molecule has 3 aromatic rings. The Morgan fingerprint density at radius 1 is 1.09 bits per heavy atom. The number of hydrogen-bond acceptors (Lipinski definition) is 6. The molecule has 0 fully saturated rings. The number of hydrogen-bond donors (Lipinski definition) is 2. The Morgan fingerprint density at radius 3 is 2.56 bits per heavy atom. The van der Waals surface area contributed by atoms with Gasteiger partial charge in [-0.2, -0.15) is 0 Å². The second-order valence-electron chi connectivity index (χ2n) is 7.08. The van der Waals surface area contributed by atoms with E-state index in [1.807, 2.05) is 13.0 Å². The second kappa shape index (κ2) is 10.8. The molecule has 0 aliphatic heterocycles. The molecule has 1 heterocycles. The van der Waals surface area contributed by atoms with Crippen molar-refractivity contribution < 1.29 is 27.1 Å². The highest BCUT2D eigenvalue weighted by Crippen LogP contribution is 2.27. The standard InChI is InChI=1S/C23H26N2O6S/c1-17-6-9-19(10-7-17)25-32(27,28)22-15-18(8-11-21(22)29-2)23(26)24-12-4-13-30-16-20-5-3-14-31-20/h3,5-11,14-15,25H,4,12-13,16H2,1-2H3,(H,24,26). The minimum Gasteiger partial charge on any atom is -0.495 e. The fraction of sp³-hybridized carbons (Fsp3) is 0.261. The van der Waals surface area contributed by atoms with E-state index >= 15 is 0 Å². The minimum atomic E-state index is -3.96. The topological polar surface area (TPSA) is 107 Å². The summed E-state index contributed by atoms with van der Waals surface area (Å²) in [5, 5.41) is 2.77. The number of aryl methyl sites for hydroxylation is 1. The number of nitrogens with one attached hydrogen (secondary N) is 2. The van der Waals surface area contributed by atoms with Crippen LogP contribution in [0.3, 0.4) is 0 Å². The third kappa shape index (κ3) is 6.35. The molecular weight excluding hydrogens is 432 g/mol. The number of furan rings is 1. The summed E-state index contributed by atoms with van der Waals surface area (Å²) in [6.45, 7) is 3.11.